The van der Waals surface area contributed by atoms with Crippen LogP contribution in [-0.2, 0) is 10.8 Å². The van der Waals surface area contributed by atoms with E-state index in [2.05, 4.69) is 0 Å². The zero-order valence-electron chi connectivity index (χ0n) is 14.9. The van der Waals surface area contributed by atoms with E-state index in [0.29, 0.717) is 27.2 Å². The second kappa shape index (κ2) is 7.03. The Morgan fingerprint density at radius 1 is 1.19 bits per heavy atom. The van der Waals surface area contributed by atoms with Gasteiger partial charge in [-0.15, -0.1) is 0 Å². The molecule has 1 aromatic heterocycles. The average Bonchev–Trinajstić information content (AvgIpc) is 2.61. The Labute approximate surface area is 153 Å². The molecule has 0 spiro atoms. The van der Waals surface area contributed by atoms with Crippen LogP contribution < -0.4 is 5.43 Å². The van der Waals surface area contributed by atoms with E-state index in [9.17, 15) is 13.8 Å². The predicted octanol–water partition coefficient (Wildman–Crippen LogP) is 4.29. The highest BCUT2D eigenvalue weighted by atomic mass is 32.2. The SMILES string of the molecule is CCCS(=O)c1cc(C(C)C)cc2c(=O)c3cc(C(=O)O)ccc3oc12. The van der Waals surface area contributed by atoms with Gasteiger partial charge in [0.2, 0.25) is 5.43 Å². The summed E-state index contributed by atoms with van der Waals surface area (Å²) in [5, 5.41) is 9.72. The van der Waals surface area contributed by atoms with Crippen molar-refractivity contribution in [3.05, 3.63) is 51.7 Å². The summed E-state index contributed by atoms with van der Waals surface area (Å²) in [7, 11) is -1.27. The van der Waals surface area contributed by atoms with E-state index in [0.717, 1.165) is 12.0 Å². The lowest BCUT2D eigenvalue weighted by atomic mass is 10.0. The summed E-state index contributed by atoms with van der Waals surface area (Å²) in [6.07, 6.45) is 0.750. The molecule has 0 amide bonds. The summed E-state index contributed by atoms with van der Waals surface area (Å²) in [4.78, 5) is 24.7. The number of hydrogen-bond acceptors (Lipinski definition) is 4. The number of aromatic carboxylic acids is 1. The Balaban J connectivity index is 2.43. The highest BCUT2D eigenvalue weighted by Crippen LogP contribution is 2.29. The van der Waals surface area contributed by atoms with Gasteiger partial charge >= 0.3 is 5.97 Å². The van der Waals surface area contributed by atoms with Gasteiger partial charge in [0.1, 0.15) is 5.58 Å². The lowest BCUT2D eigenvalue weighted by molar-refractivity contribution is 0.0697. The molecule has 0 radical (unpaired) electrons. The normalized spacial score (nSPS) is 12.8. The fraction of sp³-hybridized carbons (Fsp3) is 0.300. The van der Waals surface area contributed by atoms with Crippen molar-refractivity contribution in [3.8, 4) is 0 Å². The van der Waals surface area contributed by atoms with E-state index in [1.807, 2.05) is 26.8 Å². The van der Waals surface area contributed by atoms with Gasteiger partial charge in [-0.3, -0.25) is 9.00 Å². The monoisotopic (exact) mass is 372 g/mol. The number of benzene rings is 2. The quantitative estimate of drug-likeness (QED) is 0.676. The average molecular weight is 372 g/mol. The minimum Gasteiger partial charge on any atom is -0.478 e. The maximum atomic E-state index is 13.0. The number of carboxylic acids is 1. The fourth-order valence-electron chi connectivity index (χ4n) is 2.88. The van der Waals surface area contributed by atoms with Gasteiger partial charge in [0.15, 0.2) is 5.58 Å². The molecule has 5 nitrogen and oxygen atoms in total. The van der Waals surface area contributed by atoms with Crippen molar-refractivity contribution >= 4 is 38.7 Å². The molecule has 0 saturated heterocycles. The van der Waals surface area contributed by atoms with Crippen LogP contribution in [0, 0.1) is 0 Å². The minimum absolute atomic E-state index is 0.0268. The van der Waals surface area contributed by atoms with E-state index in [1.54, 1.807) is 6.07 Å². The van der Waals surface area contributed by atoms with Gasteiger partial charge in [-0.1, -0.05) is 20.8 Å². The minimum atomic E-state index is -1.27. The number of rotatable bonds is 5. The van der Waals surface area contributed by atoms with Crippen LogP contribution in [0.5, 0.6) is 0 Å². The van der Waals surface area contributed by atoms with Gasteiger partial charge in [-0.2, -0.15) is 0 Å². The number of fused-ring (bicyclic) bond motifs is 2. The van der Waals surface area contributed by atoms with Gasteiger partial charge in [0.25, 0.3) is 0 Å². The van der Waals surface area contributed by atoms with Crippen LogP contribution in [0.4, 0.5) is 0 Å². The van der Waals surface area contributed by atoms with Crippen molar-refractivity contribution in [2.24, 2.45) is 0 Å². The number of carboxylic acid groups (broad SMARTS) is 1. The third-order valence-corrected chi connectivity index (χ3v) is 5.88. The second-order valence-electron chi connectivity index (χ2n) is 6.55. The highest BCUT2D eigenvalue weighted by molar-refractivity contribution is 7.85. The summed E-state index contributed by atoms with van der Waals surface area (Å²) >= 11 is 0. The molecule has 0 fully saturated rings. The Kier molecular flexibility index (Phi) is 4.96. The van der Waals surface area contributed by atoms with Gasteiger partial charge in [-0.05, 0) is 48.2 Å². The van der Waals surface area contributed by atoms with E-state index in [-0.39, 0.29) is 22.3 Å². The molecule has 0 saturated carbocycles. The van der Waals surface area contributed by atoms with Crippen molar-refractivity contribution in [1.82, 2.24) is 0 Å². The zero-order chi connectivity index (χ0) is 19.0. The third-order valence-electron chi connectivity index (χ3n) is 4.31. The molecule has 1 N–H and O–H groups in total. The second-order valence-corrected chi connectivity index (χ2v) is 8.09. The first-order valence-corrected chi connectivity index (χ1v) is 9.81. The summed E-state index contributed by atoms with van der Waals surface area (Å²) in [5.41, 5.74) is 1.24. The largest absolute Gasteiger partial charge is 0.478 e. The maximum absolute atomic E-state index is 13.0. The Hall–Kier alpha value is -2.47. The first kappa shape index (κ1) is 18.3. The fourth-order valence-corrected chi connectivity index (χ4v) is 4.10. The Morgan fingerprint density at radius 3 is 2.54 bits per heavy atom. The van der Waals surface area contributed by atoms with Crippen molar-refractivity contribution < 1.29 is 18.5 Å². The molecule has 3 rings (SSSR count). The van der Waals surface area contributed by atoms with Crippen molar-refractivity contribution in [3.63, 3.8) is 0 Å². The molecule has 1 atom stereocenters. The molecule has 26 heavy (non-hydrogen) atoms. The van der Waals surface area contributed by atoms with E-state index >= 15 is 0 Å². The Bertz CT molecular complexity index is 1090. The summed E-state index contributed by atoms with van der Waals surface area (Å²) in [5.74, 6) is -0.472. The smallest absolute Gasteiger partial charge is 0.335 e. The Morgan fingerprint density at radius 2 is 1.92 bits per heavy atom. The van der Waals surface area contributed by atoms with Crippen LogP contribution in [0.2, 0.25) is 0 Å². The molecule has 1 heterocycles. The van der Waals surface area contributed by atoms with E-state index < -0.39 is 16.8 Å². The highest BCUT2D eigenvalue weighted by Gasteiger charge is 2.18. The molecule has 0 bridgehead atoms. The van der Waals surface area contributed by atoms with Crippen LogP contribution in [0.25, 0.3) is 21.9 Å². The molecule has 0 aliphatic carbocycles. The molecule has 1 unspecified atom stereocenters. The molecule has 0 aliphatic rings. The van der Waals surface area contributed by atoms with Crippen LogP contribution in [0.3, 0.4) is 0 Å². The predicted molar refractivity (Wildman–Crippen MR) is 103 cm³/mol. The lowest BCUT2D eigenvalue weighted by Crippen LogP contribution is -2.08. The summed E-state index contributed by atoms with van der Waals surface area (Å²) < 4.78 is 18.6. The maximum Gasteiger partial charge on any atom is 0.335 e. The molecular weight excluding hydrogens is 352 g/mol. The first-order valence-electron chi connectivity index (χ1n) is 8.49. The number of hydrogen-bond donors (Lipinski definition) is 1. The molecular formula is C20H20O5S. The van der Waals surface area contributed by atoms with Gasteiger partial charge in [0, 0.05) is 5.75 Å². The van der Waals surface area contributed by atoms with Crippen LogP contribution >= 0.6 is 0 Å². The van der Waals surface area contributed by atoms with Gasteiger partial charge < -0.3 is 9.52 Å². The summed E-state index contributed by atoms with van der Waals surface area (Å²) in [6.45, 7) is 5.95. The van der Waals surface area contributed by atoms with Crippen molar-refractivity contribution in [1.29, 1.82) is 0 Å². The molecule has 3 aromatic rings. The van der Waals surface area contributed by atoms with E-state index in [4.69, 9.17) is 9.52 Å². The van der Waals surface area contributed by atoms with Crippen molar-refractivity contribution in [2.45, 2.75) is 38.0 Å². The van der Waals surface area contributed by atoms with Crippen LogP contribution in [0.1, 0.15) is 49.0 Å². The standard InChI is InChI=1S/C20H20O5S/c1-4-7-26(24)17-10-13(11(2)3)9-15-18(21)14-8-12(20(22)23)5-6-16(14)25-19(15)17/h5-6,8-11H,4,7H2,1-3H3,(H,22,23). The zero-order valence-corrected chi connectivity index (χ0v) is 15.7. The lowest BCUT2D eigenvalue weighted by Gasteiger charge is -2.12. The van der Waals surface area contributed by atoms with Gasteiger partial charge in [0.05, 0.1) is 32.0 Å². The molecule has 6 heteroatoms. The van der Waals surface area contributed by atoms with Crippen LogP contribution in [0.15, 0.2) is 44.4 Å². The summed E-state index contributed by atoms with van der Waals surface area (Å²) in [6, 6.07) is 7.80. The molecule has 2 aromatic carbocycles. The molecule has 136 valence electrons. The molecule has 0 aliphatic heterocycles. The van der Waals surface area contributed by atoms with Crippen LogP contribution in [-0.4, -0.2) is 21.0 Å². The van der Waals surface area contributed by atoms with Gasteiger partial charge in [-0.25, -0.2) is 4.79 Å². The first-order chi connectivity index (χ1) is 12.3. The topological polar surface area (TPSA) is 84.6 Å². The third kappa shape index (κ3) is 3.17. The van der Waals surface area contributed by atoms with E-state index in [1.165, 1.54) is 18.2 Å². The number of carbonyl (C=O) groups is 1. The van der Waals surface area contributed by atoms with Crippen molar-refractivity contribution in [2.75, 3.05) is 5.75 Å².